The second-order valence-electron chi connectivity index (χ2n) is 7.19. The summed E-state index contributed by atoms with van der Waals surface area (Å²) in [7, 11) is 0. The highest BCUT2D eigenvalue weighted by atomic mass is 35.5. The van der Waals surface area contributed by atoms with Gasteiger partial charge < -0.3 is 9.97 Å². The third kappa shape index (κ3) is 3.33. The molecule has 0 saturated heterocycles. The van der Waals surface area contributed by atoms with Crippen LogP contribution in [0, 0.1) is 12.7 Å². The molecule has 0 amide bonds. The second kappa shape index (κ2) is 6.81. The van der Waals surface area contributed by atoms with Crippen LogP contribution in [-0.2, 0) is 6.18 Å². The van der Waals surface area contributed by atoms with Crippen molar-refractivity contribution in [3.05, 3.63) is 70.5 Å². The van der Waals surface area contributed by atoms with Crippen molar-refractivity contribution in [3.63, 3.8) is 0 Å². The molecule has 0 unspecified atom stereocenters. The van der Waals surface area contributed by atoms with E-state index in [1.54, 1.807) is 12.1 Å². The lowest BCUT2D eigenvalue weighted by Gasteiger charge is -2.05. The normalized spacial score (nSPS) is 12.2. The van der Waals surface area contributed by atoms with Crippen molar-refractivity contribution in [3.8, 4) is 22.8 Å². The lowest BCUT2D eigenvalue weighted by molar-refractivity contribution is -0.137. The molecule has 2 aromatic heterocycles. The number of hydrogen-bond acceptors (Lipinski definition) is 2. The maximum absolute atomic E-state index is 14.3. The van der Waals surface area contributed by atoms with Crippen LogP contribution in [0.15, 0.2) is 48.5 Å². The summed E-state index contributed by atoms with van der Waals surface area (Å²) in [6.07, 6.45) is -4.44. The Morgan fingerprint density at radius 1 is 0.903 bits per heavy atom. The molecule has 0 fully saturated rings. The molecule has 0 bridgehead atoms. The van der Waals surface area contributed by atoms with Crippen molar-refractivity contribution in [1.82, 2.24) is 19.9 Å². The van der Waals surface area contributed by atoms with Gasteiger partial charge in [0.05, 0.1) is 38.2 Å². The van der Waals surface area contributed by atoms with Crippen LogP contribution in [0.3, 0.4) is 0 Å². The van der Waals surface area contributed by atoms with Gasteiger partial charge >= 0.3 is 6.18 Å². The Kier molecular flexibility index (Phi) is 4.30. The van der Waals surface area contributed by atoms with E-state index in [1.165, 1.54) is 18.2 Å². The zero-order valence-electron chi connectivity index (χ0n) is 15.9. The summed E-state index contributed by atoms with van der Waals surface area (Å²) in [6, 6.07) is 11.3. The minimum Gasteiger partial charge on any atom is -0.338 e. The monoisotopic (exact) mass is 444 g/mol. The summed E-state index contributed by atoms with van der Waals surface area (Å²) < 4.78 is 53.3. The molecule has 9 heteroatoms. The Balaban J connectivity index is 1.63. The summed E-state index contributed by atoms with van der Waals surface area (Å²) in [6.45, 7) is 1.84. The van der Waals surface area contributed by atoms with E-state index >= 15 is 0 Å². The van der Waals surface area contributed by atoms with E-state index in [4.69, 9.17) is 11.6 Å². The fourth-order valence-corrected chi connectivity index (χ4v) is 3.84. The Hall–Kier alpha value is -3.39. The number of nitrogens with zero attached hydrogens (tertiary/aromatic N) is 2. The van der Waals surface area contributed by atoms with Crippen LogP contribution in [0.2, 0.25) is 5.02 Å². The number of benzene rings is 3. The number of hydrogen-bond donors (Lipinski definition) is 2. The molecule has 5 aromatic rings. The maximum atomic E-state index is 14.3. The van der Waals surface area contributed by atoms with Gasteiger partial charge in [-0.25, -0.2) is 14.4 Å². The van der Waals surface area contributed by atoms with E-state index in [9.17, 15) is 17.6 Å². The molecule has 5 rings (SSSR count). The number of halogens is 5. The van der Waals surface area contributed by atoms with Crippen molar-refractivity contribution in [2.24, 2.45) is 0 Å². The quantitative estimate of drug-likeness (QED) is 0.291. The van der Waals surface area contributed by atoms with E-state index < -0.39 is 17.6 Å². The molecular weight excluding hydrogens is 432 g/mol. The van der Waals surface area contributed by atoms with E-state index in [-0.39, 0.29) is 21.9 Å². The Morgan fingerprint density at radius 2 is 1.68 bits per heavy atom. The van der Waals surface area contributed by atoms with Crippen LogP contribution in [0.5, 0.6) is 0 Å². The van der Waals surface area contributed by atoms with Gasteiger partial charge in [0, 0.05) is 5.56 Å². The average molecular weight is 445 g/mol. The lowest BCUT2D eigenvalue weighted by Crippen LogP contribution is -2.04. The standard InChI is InChI=1S/C22H13ClF4N4/c1-10-7-11(20-28-15-6-5-12(22(25,26)27)9-16(15)29-20)8-17-19(10)31-21(30-17)18-13(23)3-2-4-14(18)24/h2-9H,1H3,(H,28,29)(H,30,31). The third-order valence-corrected chi connectivity index (χ3v) is 5.37. The van der Waals surface area contributed by atoms with Crippen molar-refractivity contribution in [1.29, 1.82) is 0 Å². The molecule has 3 aromatic carbocycles. The van der Waals surface area contributed by atoms with E-state index in [2.05, 4.69) is 19.9 Å². The molecule has 31 heavy (non-hydrogen) atoms. The number of fused-ring (bicyclic) bond motifs is 2. The summed E-state index contributed by atoms with van der Waals surface area (Å²) in [5.41, 5.74) is 2.83. The molecule has 0 aliphatic heterocycles. The van der Waals surface area contributed by atoms with Gasteiger partial charge in [0.25, 0.3) is 0 Å². The van der Waals surface area contributed by atoms with E-state index in [1.807, 2.05) is 13.0 Å². The van der Waals surface area contributed by atoms with Gasteiger partial charge in [-0.05, 0) is 55.0 Å². The molecule has 0 radical (unpaired) electrons. The van der Waals surface area contributed by atoms with Gasteiger partial charge in [0.15, 0.2) is 0 Å². The second-order valence-corrected chi connectivity index (χ2v) is 7.59. The number of aryl methyl sites for hydroxylation is 1. The van der Waals surface area contributed by atoms with E-state index in [0.29, 0.717) is 27.9 Å². The highest BCUT2D eigenvalue weighted by Crippen LogP contribution is 2.34. The third-order valence-electron chi connectivity index (χ3n) is 5.06. The Morgan fingerprint density at radius 3 is 2.42 bits per heavy atom. The van der Waals surface area contributed by atoms with Crippen molar-refractivity contribution in [2.45, 2.75) is 13.1 Å². The zero-order chi connectivity index (χ0) is 21.9. The smallest absolute Gasteiger partial charge is 0.338 e. The summed E-state index contributed by atoms with van der Waals surface area (Å²) in [5, 5.41) is 0.231. The number of H-pyrrole nitrogens is 2. The van der Waals surface area contributed by atoms with Gasteiger partial charge in [-0.1, -0.05) is 17.7 Å². The lowest BCUT2D eigenvalue weighted by atomic mass is 10.1. The highest BCUT2D eigenvalue weighted by molar-refractivity contribution is 6.33. The minimum absolute atomic E-state index is 0.171. The van der Waals surface area contributed by atoms with Crippen LogP contribution in [-0.4, -0.2) is 19.9 Å². The van der Waals surface area contributed by atoms with Crippen LogP contribution < -0.4 is 0 Å². The molecule has 0 aliphatic carbocycles. The van der Waals surface area contributed by atoms with Crippen LogP contribution in [0.4, 0.5) is 17.6 Å². The first kappa shape index (κ1) is 19.6. The summed E-state index contributed by atoms with van der Waals surface area (Å²) in [5.74, 6) is 0.208. The minimum atomic E-state index is -4.44. The Labute approximate surface area is 177 Å². The van der Waals surface area contributed by atoms with Gasteiger partial charge in [0.1, 0.15) is 17.5 Å². The number of nitrogens with one attached hydrogen (secondary N) is 2. The van der Waals surface area contributed by atoms with Crippen molar-refractivity contribution in [2.75, 3.05) is 0 Å². The molecule has 156 valence electrons. The molecule has 0 spiro atoms. The SMILES string of the molecule is Cc1cc(-c2nc3ccc(C(F)(F)F)cc3[nH]2)cc2[nH]c(-c3c(F)cccc3Cl)nc12. The fraction of sp³-hybridized carbons (Fsp3) is 0.0909. The first-order chi connectivity index (χ1) is 14.7. The molecule has 0 aliphatic rings. The molecule has 0 saturated carbocycles. The van der Waals surface area contributed by atoms with Crippen LogP contribution >= 0.6 is 11.6 Å². The summed E-state index contributed by atoms with van der Waals surface area (Å²) in [4.78, 5) is 14.9. The topological polar surface area (TPSA) is 57.4 Å². The molecule has 0 atom stereocenters. The average Bonchev–Trinajstić information content (AvgIpc) is 3.30. The Bertz CT molecular complexity index is 1450. The predicted molar refractivity (Wildman–Crippen MR) is 111 cm³/mol. The van der Waals surface area contributed by atoms with Gasteiger partial charge in [-0.15, -0.1) is 0 Å². The van der Waals surface area contributed by atoms with Gasteiger partial charge in [-0.3, -0.25) is 0 Å². The molecule has 2 heterocycles. The molecule has 4 nitrogen and oxygen atoms in total. The molecular formula is C22H13ClF4N4. The highest BCUT2D eigenvalue weighted by Gasteiger charge is 2.30. The number of imidazole rings is 2. The fourth-order valence-electron chi connectivity index (χ4n) is 3.59. The maximum Gasteiger partial charge on any atom is 0.416 e. The number of rotatable bonds is 2. The van der Waals surface area contributed by atoms with Gasteiger partial charge in [0.2, 0.25) is 0 Å². The largest absolute Gasteiger partial charge is 0.416 e. The van der Waals surface area contributed by atoms with Crippen molar-refractivity contribution >= 4 is 33.7 Å². The molecule has 2 N–H and O–H groups in total. The number of aromatic nitrogens is 4. The predicted octanol–water partition coefficient (Wildman–Crippen LogP) is 6.89. The van der Waals surface area contributed by atoms with Crippen LogP contribution in [0.25, 0.3) is 44.8 Å². The van der Waals surface area contributed by atoms with Crippen molar-refractivity contribution < 1.29 is 17.6 Å². The summed E-state index contributed by atoms with van der Waals surface area (Å²) >= 11 is 6.15. The first-order valence-corrected chi connectivity index (χ1v) is 9.60. The number of alkyl halides is 3. The number of aromatic amines is 2. The zero-order valence-corrected chi connectivity index (χ0v) is 16.7. The van der Waals surface area contributed by atoms with Crippen LogP contribution in [0.1, 0.15) is 11.1 Å². The van der Waals surface area contributed by atoms with E-state index in [0.717, 1.165) is 17.7 Å². The first-order valence-electron chi connectivity index (χ1n) is 9.23. The van der Waals surface area contributed by atoms with Gasteiger partial charge in [-0.2, -0.15) is 13.2 Å².